The number of ketones is 1. The van der Waals surface area contributed by atoms with E-state index in [0.29, 0.717) is 13.0 Å². The third-order valence-corrected chi connectivity index (χ3v) is 12.9. The van der Waals surface area contributed by atoms with Gasteiger partial charge in [-0.25, -0.2) is 0 Å². The van der Waals surface area contributed by atoms with Crippen molar-refractivity contribution in [3.8, 4) is 0 Å². The van der Waals surface area contributed by atoms with Crippen LogP contribution in [0.25, 0.3) is 32.3 Å². The second kappa shape index (κ2) is 28.6. The van der Waals surface area contributed by atoms with Crippen molar-refractivity contribution in [3.05, 3.63) is 60.2 Å². The summed E-state index contributed by atoms with van der Waals surface area (Å²) >= 11 is 0. The first-order valence-electron chi connectivity index (χ1n) is 23.5. The van der Waals surface area contributed by atoms with Crippen LogP contribution in [-0.4, -0.2) is 62.9 Å². The lowest BCUT2D eigenvalue weighted by Gasteiger charge is -2.25. The molecule has 0 N–H and O–H groups in total. The topological polar surface area (TPSA) is 114 Å². The Morgan fingerprint density at radius 2 is 1.18 bits per heavy atom. The Hall–Kier alpha value is -2.91. The molecule has 0 aliphatic rings. The Morgan fingerprint density at radius 1 is 0.650 bits per heavy atom. The van der Waals surface area contributed by atoms with Gasteiger partial charge in [-0.2, -0.15) is 0 Å². The number of likely N-dealkylation sites (N-methyl/N-ethyl adjacent to an activating group) is 1. The summed E-state index contributed by atoms with van der Waals surface area (Å²) in [7, 11) is -2.77. The van der Waals surface area contributed by atoms with Gasteiger partial charge >= 0.3 is 5.97 Å². The molecule has 60 heavy (non-hydrogen) atoms. The Balaban J connectivity index is 1.11. The van der Waals surface area contributed by atoms with Crippen LogP contribution >= 0.6 is 7.82 Å². The SMILES string of the molecule is CCCCCCCCCCCCCCCC(=O)OCC(OCOP(=O)([O-])OCCN(C)CC)C(=O)CCCCCCCCCc1ccc2ccc3cccc4ccc1c2c34. The number of Topliss-reactive ketones (excluding diaryl/α,β-unsaturated/α-hetero) is 1. The Bertz CT molecular complexity index is 1830. The Morgan fingerprint density at radius 3 is 1.80 bits per heavy atom. The maximum Gasteiger partial charge on any atom is 0.305 e. The minimum absolute atomic E-state index is 0.0500. The number of hydrogen-bond acceptors (Lipinski definition) is 9. The molecule has 4 aromatic carbocycles. The molecular weight excluding hydrogens is 774 g/mol. The molecule has 4 rings (SSSR count). The maximum absolute atomic E-state index is 13.2. The van der Waals surface area contributed by atoms with Gasteiger partial charge in [-0.15, -0.1) is 0 Å². The molecule has 9 nitrogen and oxygen atoms in total. The van der Waals surface area contributed by atoms with Crippen LogP contribution in [0.4, 0.5) is 0 Å². The van der Waals surface area contributed by atoms with E-state index in [2.05, 4.69) is 61.5 Å². The highest BCUT2D eigenvalue weighted by Crippen LogP contribution is 2.38. The highest BCUT2D eigenvalue weighted by atomic mass is 31.2. The maximum atomic E-state index is 13.2. The van der Waals surface area contributed by atoms with Crippen molar-refractivity contribution in [2.45, 2.75) is 168 Å². The van der Waals surface area contributed by atoms with Crippen molar-refractivity contribution in [1.29, 1.82) is 0 Å². The molecule has 0 aliphatic heterocycles. The number of hydrogen-bond donors (Lipinski definition) is 0. The predicted molar refractivity (Wildman–Crippen MR) is 245 cm³/mol. The standard InChI is InChI=1S/C50H76NO8P/c1-4-6-7-8-9-10-11-12-13-14-18-21-24-30-48(53)56-39-47(57-40-59-60(54,55)58-38-37-51(3)5-2)46(52)29-23-20-17-15-16-19-22-26-41-31-32-44-34-33-42-27-25-28-43-35-36-45(41)50(44)49(42)43/h25,27-28,31-36,47H,4-24,26,29-30,37-40H2,1-3H3,(H,54,55)/p-1. The zero-order valence-electron chi connectivity index (χ0n) is 37.2. The largest absolute Gasteiger partial charge is 0.756 e. The molecule has 0 amide bonds. The molecule has 10 heteroatoms. The van der Waals surface area contributed by atoms with E-state index in [0.717, 1.165) is 70.8 Å². The van der Waals surface area contributed by atoms with Crippen molar-refractivity contribution in [2.24, 2.45) is 0 Å². The summed E-state index contributed by atoms with van der Waals surface area (Å²) in [5, 5.41) is 8.00. The van der Waals surface area contributed by atoms with Crippen LogP contribution < -0.4 is 4.89 Å². The summed E-state index contributed by atoms with van der Waals surface area (Å²) in [4.78, 5) is 40.0. The molecule has 2 atom stereocenters. The number of unbranched alkanes of at least 4 members (excludes halogenated alkanes) is 18. The molecule has 0 radical (unpaired) electrons. The zero-order chi connectivity index (χ0) is 42.8. The van der Waals surface area contributed by atoms with E-state index in [1.54, 1.807) is 0 Å². The molecule has 334 valence electrons. The van der Waals surface area contributed by atoms with Crippen LogP contribution in [0.3, 0.4) is 0 Å². The first kappa shape index (κ1) is 49.7. The van der Waals surface area contributed by atoms with Crippen molar-refractivity contribution in [2.75, 3.05) is 40.1 Å². The highest BCUT2D eigenvalue weighted by molar-refractivity contribution is 7.45. The highest BCUT2D eigenvalue weighted by Gasteiger charge is 2.22. The average Bonchev–Trinajstić information content (AvgIpc) is 3.25. The number of phosphoric ester groups is 1. The number of rotatable bonds is 36. The number of aryl methyl sites for hydroxylation is 1. The Labute approximate surface area is 361 Å². The first-order valence-corrected chi connectivity index (χ1v) is 24.9. The summed E-state index contributed by atoms with van der Waals surface area (Å²) in [5.74, 6) is -0.607. The van der Waals surface area contributed by atoms with Crippen LogP contribution in [0.1, 0.15) is 161 Å². The zero-order valence-corrected chi connectivity index (χ0v) is 38.1. The lowest BCUT2D eigenvalue weighted by molar-refractivity contribution is -0.235. The van der Waals surface area contributed by atoms with Crippen LogP contribution in [0, 0.1) is 0 Å². The molecule has 2 unspecified atom stereocenters. The summed E-state index contributed by atoms with van der Waals surface area (Å²) in [6, 6.07) is 20.1. The predicted octanol–water partition coefficient (Wildman–Crippen LogP) is 12.6. The molecule has 0 saturated carbocycles. The normalized spacial score (nSPS) is 13.5. The van der Waals surface area contributed by atoms with Crippen LogP contribution in [0.2, 0.25) is 0 Å². The summed E-state index contributed by atoms with van der Waals surface area (Å²) in [5.41, 5.74) is 1.41. The van der Waals surface area contributed by atoms with E-state index in [9.17, 15) is 19.0 Å². The summed E-state index contributed by atoms with van der Waals surface area (Å²) in [6.07, 6.45) is 23.5. The summed E-state index contributed by atoms with van der Waals surface area (Å²) < 4.78 is 33.1. The number of carbonyl (C=O) groups is 2. The van der Waals surface area contributed by atoms with E-state index in [1.807, 2.05) is 18.9 Å². The number of carbonyl (C=O) groups excluding carboxylic acids is 2. The van der Waals surface area contributed by atoms with E-state index in [1.165, 1.54) is 102 Å². The number of esters is 1. The monoisotopic (exact) mass is 849 g/mol. The summed E-state index contributed by atoms with van der Waals surface area (Å²) in [6.45, 7) is 4.38. The van der Waals surface area contributed by atoms with Crippen molar-refractivity contribution in [3.63, 3.8) is 0 Å². The molecule has 0 fully saturated rings. The van der Waals surface area contributed by atoms with Crippen molar-refractivity contribution >= 4 is 51.9 Å². The van der Waals surface area contributed by atoms with Gasteiger partial charge in [0.25, 0.3) is 7.82 Å². The fraction of sp³-hybridized carbons (Fsp3) is 0.640. The van der Waals surface area contributed by atoms with E-state index in [4.69, 9.17) is 18.5 Å². The first-order chi connectivity index (χ1) is 29.2. The van der Waals surface area contributed by atoms with Crippen LogP contribution in [0.5, 0.6) is 0 Å². The Kier molecular flexibility index (Phi) is 23.7. The van der Waals surface area contributed by atoms with Gasteiger partial charge in [-0.1, -0.05) is 178 Å². The van der Waals surface area contributed by atoms with Gasteiger partial charge in [-0.05, 0) is 77.2 Å². The average molecular weight is 849 g/mol. The number of phosphoric acid groups is 1. The van der Waals surface area contributed by atoms with Gasteiger partial charge in [-0.3, -0.25) is 18.7 Å². The van der Waals surface area contributed by atoms with Gasteiger partial charge in [0, 0.05) is 19.4 Å². The van der Waals surface area contributed by atoms with E-state index >= 15 is 0 Å². The van der Waals surface area contributed by atoms with Crippen LogP contribution in [0.15, 0.2) is 54.6 Å². The smallest absolute Gasteiger partial charge is 0.305 e. The molecule has 0 spiro atoms. The third kappa shape index (κ3) is 18.2. The van der Waals surface area contributed by atoms with Crippen molar-refractivity contribution < 1.29 is 37.6 Å². The van der Waals surface area contributed by atoms with E-state index < -0.39 is 20.7 Å². The second-order valence-corrected chi connectivity index (χ2v) is 18.2. The van der Waals surface area contributed by atoms with Gasteiger partial charge in [0.05, 0.1) is 6.61 Å². The minimum Gasteiger partial charge on any atom is -0.756 e. The quantitative estimate of drug-likeness (QED) is 0.0145. The number of ether oxygens (including phenoxy) is 2. The molecular formula is C50H75NO8P-. The lowest BCUT2D eigenvalue weighted by Crippen LogP contribution is -2.32. The molecule has 0 aromatic heterocycles. The number of benzene rings is 4. The van der Waals surface area contributed by atoms with Gasteiger partial charge in [0.15, 0.2) is 18.7 Å². The molecule has 0 heterocycles. The molecule has 0 aliphatic carbocycles. The van der Waals surface area contributed by atoms with E-state index in [-0.39, 0.29) is 37.8 Å². The molecule has 4 aromatic rings. The second-order valence-electron chi connectivity index (χ2n) is 16.8. The molecule has 0 bridgehead atoms. The van der Waals surface area contributed by atoms with Crippen LogP contribution in [-0.2, 0) is 39.1 Å². The minimum atomic E-state index is -4.63. The van der Waals surface area contributed by atoms with Gasteiger partial charge < -0.3 is 23.8 Å². The number of nitrogens with zero attached hydrogens (tertiary/aromatic N) is 1. The fourth-order valence-electron chi connectivity index (χ4n) is 8.12. The van der Waals surface area contributed by atoms with Gasteiger partial charge in [0.1, 0.15) is 6.61 Å². The van der Waals surface area contributed by atoms with Crippen molar-refractivity contribution in [1.82, 2.24) is 4.90 Å². The fourth-order valence-corrected chi connectivity index (χ4v) is 8.69. The third-order valence-electron chi connectivity index (χ3n) is 12.0. The lowest BCUT2D eigenvalue weighted by atomic mass is 9.90. The van der Waals surface area contributed by atoms with Gasteiger partial charge in [0.2, 0.25) is 0 Å². The molecule has 0 saturated heterocycles.